The van der Waals surface area contributed by atoms with Crippen LogP contribution in [0.25, 0.3) is 0 Å². The molecule has 2 saturated heterocycles. The van der Waals surface area contributed by atoms with Crippen LogP contribution in [-0.4, -0.2) is 54.4 Å². The second-order valence-corrected chi connectivity index (χ2v) is 8.61. The fourth-order valence-corrected chi connectivity index (χ4v) is 4.60. The molecule has 1 amide bonds. The molecule has 23 heavy (non-hydrogen) atoms. The minimum atomic E-state index is -3.17. The molecule has 0 unspecified atom stereocenters. The van der Waals surface area contributed by atoms with E-state index in [4.69, 9.17) is 0 Å². The van der Waals surface area contributed by atoms with Gasteiger partial charge in [-0.3, -0.25) is 9.78 Å². The van der Waals surface area contributed by atoms with Crippen LogP contribution in [-0.2, 0) is 21.4 Å². The Hall–Kier alpha value is -1.47. The molecular weight excluding hydrogens is 314 g/mol. The van der Waals surface area contributed by atoms with Crippen molar-refractivity contribution in [3.8, 4) is 0 Å². The molecule has 0 bridgehead atoms. The predicted octanol–water partition coefficient (Wildman–Crippen LogP) is 1.25. The number of nitrogens with zero attached hydrogens (tertiary/aromatic N) is 3. The van der Waals surface area contributed by atoms with Crippen LogP contribution in [0.1, 0.15) is 31.2 Å². The second kappa shape index (κ2) is 6.20. The van der Waals surface area contributed by atoms with Crippen molar-refractivity contribution in [1.82, 2.24) is 14.2 Å². The van der Waals surface area contributed by atoms with Crippen LogP contribution in [0.15, 0.2) is 24.5 Å². The Labute approximate surface area is 137 Å². The Morgan fingerprint density at radius 1 is 1.13 bits per heavy atom. The van der Waals surface area contributed by atoms with Gasteiger partial charge in [-0.15, -0.1) is 0 Å². The Morgan fingerprint density at radius 2 is 1.83 bits per heavy atom. The predicted molar refractivity (Wildman–Crippen MR) is 87.0 cm³/mol. The van der Waals surface area contributed by atoms with Crippen LogP contribution in [0.2, 0.25) is 0 Å². The lowest BCUT2D eigenvalue weighted by atomic mass is 9.79. The molecule has 0 aromatic carbocycles. The molecule has 2 aliphatic rings. The van der Waals surface area contributed by atoms with Crippen LogP contribution in [0.5, 0.6) is 0 Å². The molecule has 1 spiro atoms. The number of aromatic nitrogens is 1. The van der Waals surface area contributed by atoms with Crippen molar-refractivity contribution in [2.75, 3.05) is 25.9 Å². The van der Waals surface area contributed by atoms with Gasteiger partial charge in [0.2, 0.25) is 15.9 Å². The van der Waals surface area contributed by atoms with Crippen LogP contribution < -0.4 is 0 Å². The lowest BCUT2D eigenvalue weighted by Crippen LogP contribution is -2.36. The van der Waals surface area contributed by atoms with Crippen molar-refractivity contribution in [2.45, 2.75) is 32.2 Å². The number of carbonyl (C=O) groups is 1. The molecule has 126 valence electrons. The van der Waals surface area contributed by atoms with Gasteiger partial charge >= 0.3 is 0 Å². The summed E-state index contributed by atoms with van der Waals surface area (Å²) in [4.78, 5) is 18.8. The van der Waals surface area contributed by atoms with E-state index in [2.05, 4.69) is 4.98 Å². The zero-order valence-corrected chi connectivity index (χ0v) is 14.3. The average Bonchev–Trinajstić information content (AvgIpc) is 2.70. The van der Waals surface area contributed by atoms with E-state index in [-0.39, 0.29) is 11.3 Å². The first kappa shape index (κ1) is 16.4. The quantitative estimate of drug-likeness (QED) is 0.832. The van der Waals surface area contributed by atoms with E-state index in [9.17, 15) is 13.2 Å². The maximum Gasteiger partial charge on any atom is 0.229 e. The molecule has 0 aliphatic carbocycles. The third-order valence-electron chi connectivity index (χ3n) is 5.10. The number of hydrogen-bond acceptors (Lipinski definition) is 4. The first-order valence-electron chi connectivity index (χ1n) is 8.04. The van der Waals surface area contributed by atoms with Gasteiger partial charge < -0.3 is 4.90 Å². The smallest absolute Gasteiger partial charge is 0.229 e. The first-order chi connectivity index (χ1) is 10.9. The van der Waals surface area contributed by atoms with E-state index < -0.39 is 10.0 Å². The molecule has 1 aromatic rings. The number of sulfonamides is 1. The third kappa shape index (κ3) is 3.40. The Morgan fingerprint density at radius 3 is 2.52 bits per heavy atom. The van der Waals surface area contributed by atoms with Crippen LogP contribution >= 0.6 is 0 Å². The van der Waals surface area contributed by atoms with E-state index in [0.29, 0.717) is 26.1 Å². The summed E-state index contributed by atoms with van der Waals surface area (Å²) in [6.07, 6.45) is 7.71. The van der Waals surface area contributed by atoms with E-state index in [0.717, 1.165) is 31.4 Å². The second-order valence-electron chi connectivity index (χ2n) is 6.63. The fourth-order valence-electron chi connectivity index (χ4n) is 3.72. The molecular formula is C16H23N3O3S. The summed E-state index contributed by atoms with van der Waals surface area (Å²) in [5.41, 5.74) is 0.712. The summed E-state index contributed by atoms with van der Waals surface area (Å²) in [6.45, 7) is 2.34. The van der Waals surface area contributed by atoms with Gasteiger partial charge in [0.15, 0.2) is 0 Å². The molecule has 3 rings (SSSR count). The molecule has 7 heteroatoms. The van der Waals surface area contributed by atoms with Crippen molar-refractivity contribution in [2.24, 2.45) is 5.41 Å². The first-order valence-corrected chi connectivity index (χ1v) is 9.89. The van der Waals surface area contributed by atoms with Crippen molar-refractivity contribution in [3.63, 3.8) is 0 Å². The monoisotopic (exact) mass is 337 g/mol. The van der Waals surface area contributed by atoms with Gasteiger partial charge in [-0.25, -0.2) is 12.7 Å². The van der Waals surface area contributed by atoms with E-state index >= 15 is 0 Å². The molecule has 1 aromatic heterocycles. The molecule has 2 aliphatic heterocycles. The summed E-state index contributed by atoms with van der Waals surface area (Å²) in [7, 11) is -3.17. The molecule has 0 radical (unpaired) electrons. The normalized spacial score (nSPS) is 26.7. The molecule has 0 N–H and O–H groups in total. The van der Waals surface area contributed by atoms with Crippen molar-refractivity contribution in [1.29, 1.82) is 0 Å². The summed E-state index contributed by atoms with van der Waals surface area (Å²) in [5.74, 6) is 0.185. The van der Waals surface area contributed by atoms with Gasteiger partial charge in [0.1, 0.15) is 0 Å². The largest absolute Gasteiger partial charge is 0.338 e. The maximum absolute atomic E-state index is 12.9. The Kier molecular flexibility index (Phi) is 4.42. The van der Waals surface area contributed by atoms with E-state index in [1.165, 1.54) is 10.6 Å². The topological polar surface area (TPSA) is 70.6 Å². The van der Waals surface area contributed by atoms with Gasteiger partial charge in [-0.05, 0) is 43.4 Å². The van der Waals surface area contributed by atoms with Gasteiger partial charge in [-0.2, -0.15) is 0 Å². The summed E-state index contributed by atoms with van der Waals surface area (Å²) in [5, 5.41) is 0. The fraction of sp³-hybridized carbons (Fsp3) is 0.625. The van der Waals surface area contributed by atoms with Crippen LogP contribution in [0.4, 0.5) is 0 Å². The number of hydrogen-bond donors (Lipinski definition) is 0. The number of likely N-dealkylation sites (tertiary alicyclic amines) is 1. The summed E-state index contributed by atoms with van der Waals surface area (Å²) >= 11 is 0. The lowest BCUT2D eigenvalue weighted by Gasteiger charge is -2.26. The van der Waals surface area contributed by atoms with E-state index in [1.807, 2.05) is 17.0 Å². The minimum Gasteiger partial charge on any atom is -0.338 e. The van der Waals surface area contributed by atoms with Crippen LogP contribution in [0.3, 0.4) is 0 Å². The standard InChI is InChI=1S/C16H23N3O3S/c1-23(21,22)19-10-2-5-16(7-12-19)6-11-18(15(16)20)13-14-3-8-17-9-4-14/h3-4,8-9H,2,5-7,10-13H2,1H3/t16-/m0/s1. The highest BCUT2D eigenvalue weighted by Gasteiger charge is 2.47. The highest BCUT2D eigenvalue weighted by Crippen LogP contribution is 2.42. The van der Waals surface area contributed by atoms with Gasteiger partial charge in [-0.1, -0.05) is 0 Å². The SMILES string of the molecule is CS(=O)(=O)N1CCC[C@]2(CCN(Cc3ccncc3)C2=O)CC1. The zero-order chi connectivity index (χ0) is 16.5. The van der Waals surface area contributed by atoms with Gasteiger partial charge in [0.05, 0.1) is 11.7 Å². The number of carbonyl (C=O) groups excluding carboxylic acids is 1. The summed E-state index contributed by atoms with van der Waals surface area (Å²) in [6, 6.07) is 3.85. The summed E-state index contributed by atoms with van der Waals surface area (Å²) < 4.78 is 25.0. The molecule has 6 nitrogen and oxygen atoms in total. The Bertz CT molecular complexity index is 677. The van der Waals surface area contributed by atoms with Crippen LogP contribution in [0, 0.1) is 5.41 Å². The number of amides is 1. The minimum absolute atomic E-state index is 0.185. The third-order valence-corrected chi connectivity index (χ3v) is 6.40. The number of pyridine rings is 1. The van der Waals surface area contributed by atoms with Crippen molar-refractivity contribution >= 4 is 15.9 Å². The number of rotatable bonds is 3. The average molecular weight is 337 g/mol. The van der Waals surface area contributed by atoms with E-state index in [1.54, 1.807) is 12.4 Å². The molecule has 0 saturated carbocycles. The molecule has 2 fully saturated rings. The lowest BCUT2D eigenvalue weighted by molar-refractivity contribution is -0.137. The highest BCUT2D eigenvalue weighted by molar-refractivity contribution is 7.88. The molecule has 3 heterocycles. The maximum atomic E-state index is 12.9. The molecule has 1 atom stereocenters. The van der Waals surface area contributed by atoms with Crippen molar-refractivity contribution < 1.29 is 13.2 Å². The van der Waals surface area contributed by atoms with Gasteiger partial charge in [0, 0.05) is 38.6 Å². The van der Waals surface area contributed by atoms with Gasteiger partial charge in [0.25, 0.3) is 0 Å². The van der Waals surface area contributed by atoms with Crippen molar-refractivity contribution in [3.05, 3.63) is 30.1 Å². The zero-order valence-electron chi connectivity index (χ0n) is 13.4. The highest BCUT2D eigenvalue weighted by atomic mass is 32.2. The Balaban J connectivity index is 1.70.